The molecule has 1 atom stereocenters. The maximum atomic E-state index is 14.8. The minimum absolute atomic E-state index is 0.0212. The minimum atomic E-state index is -0.151. The Labute approximate surface area is 127 Å². The summed E-state index contributed by atoms with van der Waals surface area (Å²) >= 11 is 0. The second-order valence-electron chi connectivity index (χ2n) is 6.89. The molecule has 0 bridgehead atoms. The van der Waals surface area contributed by atoms with Gasteiger partial charge in [0.1, 0.15) is 11.6 Å². The second kappa shape index (κ2) is 5.96. The fraction of sp³-hybridized carbons (Fsp3) is 0.667. The van der Waals surface area contributed by atoms with Gasteiger partial charge in [-0.3, -0.25) is 0 Å². The molecular weight excluding hydrogens is 265 g/mol. The summed E-state index contributed by atoms with van der Waals surface area (Å²) in [6, 6.07) is 2.41. The molecule has 1 heterocycles. The van der Waals surface area contributed by atoms with Crippen LogP contribution in [0.2, 0.25) is 0 Å². The van der Waals surface area contributed by atoms with E-state index in [1.54, 1.807) is 0 Å². The average molecular weight is 291 g/mol. The molecule has 1 N–H and O–H groups in total. The molecule has 1 aliphatic carbocycles. The van der Waals surface area contributed by atoms with Crippen molar-refractivity contribution in [3.8, 4) is 5.75 Å². The normalized spacial score (nSPS) is 23.3. The largest absolute Gasteiger partial charge is 0.508 e. The lowest BCUT2D eigenvalue weighted by Crippen LogP contribution is -2.32. The molecule has 0 aromatic heterocycles. The van der Waals surface area contributed by atoms with Gasteiger partial charge >= 0.3 is 0 Å². The van der Waals surface area contributed by atoms with E-state index in [1.807, 2.05) is 19.9 Å². The molecule has 3 heteroatoms. The van der Waals surface area contributed by atoms with Crippen molar-refractivity contribution in [1.29, 1.82) is 0 Å². The lowest BCUT2D eigenvalue weighted by Gasteiger charge is -2.26. The van der Waals surface area contributed by atoms with Gasteiger partial charge in [0.15, 0.2) is 0 Å². The number of hydrogen-bond donors (Lipinski definition) is 1. The first-order chi connectivity index (χ1) is 10.1. The van der Waals surface area contributed by atoms with Crippen LogP contribution in [-0.2, 0) is 12.8 Å². The van der Waals surface area contributed by atoms with E-state index in [0.29, 0.717) is 11.6 Å². The van der Waals surface area contributed by atoms with E-state index in [9.17, 15) is 9.50 Å². The molecule has 0 saturated carbocycles. The molecule has 1 unspecified atom stereocenters. The first-order valence-electron chi connectivity index (χ1n) is 8.35. The van der Waals surface area contributed by atoms with Crippen molar-refractivity contribution in [1.82, 2.24) is 4.90 Å². The summed E-state index contributed by atoms with van der Waals surface area (Å²) in [5, 5.41) is 10.1. The Hall–Kier alpha value is -1.09. The Morgan fingerprint density at radius 2 is 1.86 bits per heavy atom. The Bertz CT molecular complexity index is 520. The zero-order valence-corrected chi connectivity index (χ0v) is 13.2. The monoisotopic (exact) mass is 291 g/mol. The number of phenolic OH excluding ortho intramolecular Hbond substituents is 1. The lowest BCUT2D eigenvalue weighted by molar-refractivity contribution is 0.222. The van der Waals surface area contributed by atoms with Crippen LogP contribution in [-0.4, -0.2) is 29.1 Å². The molecule has 2 aliphatic rings. The minimum Gasteiger partial charge on any atom is -0.508 e. The van der Waals surface area contributed by atoms with Crippen LogP contribution in [0.25, 0.3) is 0 Å². The van der Waals surface area contributed by atoms with E-state index < -0.39 is 0 Å². The third kappa shape index (κ3) is 2.80. The average Bonchev–Trinajstić information content (AvgIpc) is 2.86. The van der Waals surface area contributed by atoms with Crippen LogP contribution in [0, 0.1) is 5.82 Å². The molecule has 1 aromatic rings. The smallest absolute Gasteiger partial charge is 0.133 e. The van der Waals surface area contributed by atoms with Crippen molar-refractivity contribution >= 4 is 0 Å². The van der Waals surface area contributed by atoms with Gasteiger partial charge in [-0.15, -0.1) is 0 Å². The van der Waals surface area contributed by atoms with Crippen molar-refractivity contribution < 1.29 is 9.50 Å². The van der Waals surface area contributed by atoms with Crippen LogP contribution in [0.5, 0.6) is 5.75 Å². The van der Waals surface area contributed by atoms with Crippen LogP contribution in [0.4, 0.5) is 4.39 Å². The third-order valence-electron chi connectivity index (χ3n) is 5.18. The predicted octanol–water partition coefficient (Wildman–Crippen LogP) is 4.00. The first-order valence-corrected chi connectivity index (χ1v) is 8.35. The molecule has 116 valence electrons. The highest BCUT2D eigenvalue weighted by Crippen LogP contribution is 2.36. The summed E-state index contributed by atoms with van der Waals surface area (Å²) in [5.74, 6) is 0.0101. The molecule has 0 radical (unpaired) electrons. The summed E-state index contributed by atoms with van der Waals surface area (Å²) in [5.41, 5.74) is 2.38. The van der Waals surface area contributed by atoms with Gasteiger partial charge in [0.25, 0.3) is 0 Å². The molecule has 0 amide bonds. The quantitative estimate of drug-likeness (QED) is 0.833. The third-order valence-corrected chi connectivity index (χ3v) is 5.18. The van der Waals surface area contributed by atoms with Crippen molar-refractivity contribution in [2.24, 2.45) is 0 Å². The van der Waals surface area contributed by atoms with Gasteiger partial charge < -0.3 is 10.0 Å². The maximum absolute atomic E-state index is 14.8. The van der Waals surface area contributed by atoms with Gasteiger partial charge in [-0.1, -0.05) is 13.8 Å². The summed E-state index contributed by atoms with van der Waals surface area (Å²) in [4.78, 5) is 2.58. The topological polar surface area (TPSA) is 23.5 Å². The highest BCUT2D eigenvalue weighted by molar-refractivity contribution is 5.45. The van der Waals surface area contributed by atoms with E-state index >= 15 is 0 Å². The molecule has 1 saturated heterocycles. The Balaban J connectivity index is 1.87. The lowest BCUT2D eigenvalue weighted by atomic mass is 9.93. The maximum Gasteiger partial charge on any atom is 0.133 e. The molecule has 1 fully saturated rings. The van der Waals surface area contributed by atoms with Crippen molar-refractivity contribution in [3.05, 3.63) is 28.6 Å². The number of hydrogen-bond acceptors (Lipinski definition) is 2. The molecule has 1 aliphatic heterocycles. The van der Waals surface area contributed by atoms with E-state index in [4.69, 9.17) is 0 Å². The number of aromatic hydroxyl groups is 1. The Kier molecular flexibility index (Phi) is 4.21. The highest BCUT2D eigenvalue weighted by Gasteiger charge is 2.27. The second-order valence-corrected chi connectivity index (χ2v) is 6.89. The molecule has 3 rings (SSSR count). The van der Waals surface area contributed by atoms with Gasteiger partial charge in [-0.25, -0.2) is 4.39 Å². The zero-order chi connectivity index (χ0) is 15.0. The number of nitrogens with zero attached hydrogens (tertiary/aromatic N) is 1. The summed E-state index contributed by atoms with van der Waals surface area (Å²) in [6.45, 7) is 6.28. The van der Waals surface area contributed by atoms with Crippen LogP contribution < -0.4 is 0 Å². The van der Waals surface area contributed by atoms with Gasteiger partial charge in [-0.2, -0.15) is 0 Å². The van der Waals surface area contributed by atoms with E-state index in [2.05, 4.69) is 4.90 Å². The van der Waals surface area contributed by atoms with E-state index in [0.717, 1.165) is 36.8 Å². The summed E-state index contributed by atoms with van der Waals surface area (Å²) < 4.78 is 14.8. The number of benzene rings is 1. The van der Waals surface area contributed by atoms with Crippen LogP contribution in [0.3, 0.4) is 0 Å². The first kappa shape index (κ1) is 14.8. The van der Waals surface area contributed by atoms with Gasteiger partial charge in [0, 0.05) is 11.6 Å². The van der Waals surface area contributed by atoms with Crippen LogP contribution in [0.1, 0.15) is 62.1 Å². The Morgan fingerprint density at radius 3 is 2.52 bits per heavy atom. The van der Waals surface area contributed by atoms with Crippen molar-refractivity contribution in [2.75, 3.05) is 13.1 Å². The number of aryl methyl sites for hydroxylation is 1. The van der Waals surface area contributed by atoms with E-state index in [1.165, 1.54) is 25.9 Å². The van der Waals surface area contributed by atoms with Crippen LogP contribution >= 0.6 is 0 Å². The zero-order valence-electron chi connectivity index (χ0n) is 13.2. The summed E-state index contributed by atoms with van der Waals surface area (Å²) in [7, 11) is 0. The fourth-order valence-corrected chi connectivity index (χ4v) is 4.04. The van der Waals surface area contributed by atoms with Gasteiger partial charge in [0.2, 0.25) is 0 Å². The van der Waals surface area contributed by atoms with Gasteiger partial charge in [-0.05, 0) is 74.7 Å². The van der Waals surface area contributed by atoms with Crippen molar-refractivity contribution in [2.45, 2.75) is 64.3 Å². The van der Waals surface area contributed by atoms with Gasteiger partial charge in [0.05, 0.1) is 0 Å². The van der Waals surface area contributed by atoms with E-state index in [-0.39, 0.29) is 17.5 Å². The number of fused-ring (bicyclic) bond motifs is 1. The molecular formula is C18H26FNO. The molecule has 2 nitrogen and oxygen atoms in total. The standard InChI is InChI=1S/C18H26FNO/c1-12(2)17-16(21)11-13-5-6-14(20-9-3-4-10-20)7-8-15(13)18(17)19/h11-12,14,21H,3-10H2,1-2H3. The Morgan fingerprint density at radius 1 is 1.19 bits per heavy atom. The fourth-order valence-electron chi connectivity index (χ4n) is 4.04. The highest BCUT2D eigenvalue weighted by atomic mass is 19.1. The SMILES string of the molecule is CC(C)c1c(O)cc2c(c1F)CCC(N1CCCC1)CC2. The summed E-state index contributed by atoms with van der Waals surface area (Å²) in [6.07, 6.45) is 6.44. The predicted molar refractivity (Wildman–Crippen MR) is 83.4 cm³/mol. The molecule has 1 aromatic carbocycles. The number of phenols is 1. The number of rotatable bonds is 2. The molecule has 21 heavy (non-hydrogen) atoms. The number of likely N-dealkylation sites (tertiary alicyclic amines) is 1. The number of halogens is 1. The molecule has 0 spiro atoms. The van der Waals surface area contributed by atoms with Crippen molar-refractivity contribution in [3.63, 3.8) is 0 Å². The van der Waals surface area contributed by atoms with Crippen LogP contribution in [0.15, 0.2) is 6.07 Å².